The van der Waals surface area contributed by atoms with Crippen molar-refractivity contribution in [2.24, 2.45) is 0 Å². The molecule has 7 nitrogen and oxygen atoms in total. The van der Waals surface area contributed by atoms with E-state index in [4.69, 9.17) is 18.9 Å². The number of carbonyl (C=O) groups excluding carboxylic acids is 3. The lowest BCUT2D eigenvalue weighted by molar-refractivity contribution is -0.146. The number of rotatable bonds is 18. The molecule has 3 aromatic rings. The molecule has 1 atom stereocenters. The van der Waals surface area contributed by atoms with Gasteiger partial charge in [0.1, 0.15) is 11.5 Å². The molecule has 0 aliphatic rings. The largest absolute Gasteiger partial charge is 0.462 e. The van der Waals surface area contributed by atoms with E-state index in [1.165, 1.54) is 19.3 Å². The van der Waals surface area contributed by atoms with Crippen molar-refractivity contribution in [3.8, 4) is 22.6 Å². The minimum absolute atomic E-state index is 0.313. The van der Waals surface area contributed by atoms with Crippen LogP contribution in [0, 0.1) is 0 Å². The molecule has 7 heteroatoms. The van der Waals surface area contributed by atoms with Crippen LogP contribution in [-0.4, -0.2) is 37.2 Å². The molecule has 0 spiro atoms. The standard InChI is InChI=1S/C36H44O7/c1-4-6-8-10-12-26-41-35(38)30-15-13-28(14-16-30)29-17-21-33(22-18-29)43-36(39)31-19-23-32(24-20-31)42-34(37)27(3)40-25-11-9-7-5-2/h13-24,27H,4-12,25-26H2,1-3H3/t27-/m0/s1. The Balaban J connectivity index is 1.45. The van der Waals surface area contributed by atoms with E-state index >= 15 is 0 Å². The van der Waals surface area contributed by atoms with Crippen molar-refractivity contribution in [2.45, 2.75) is 84.7 Å². The van der Waals surface area contributed by atoms with Crippen LogP contribution in [-0.2, 0) is 14.3 Å². The quantitative estimate of drug-likeness (QED) is 0.0835. The van der Waals surface area contributed by atoms with Gasteiger partial charge in [-0.3, -0.25) is 0 Å². The highest BCUT2D eigenvalue weighted by Crippen LogP contribution is 2.24. The van der Waals surface area contributed by atoms with Gasteiger partial charge in [0.05, 0.1) is 17.7 Å². The lowest BCUT2D eigenvalue weighted by Gasteiger charge is -2.12. The van der Waals surface area contributed by atoms with Crippen LogP contribution in [0.3, 0.4) is 0 Å². The van der Waals surface area contributed by atoms with Crippen LogP contribution in [0.5, 0.6) is 11.5 Å². The SMILES string of the molecule is CCCCCCCOC(=O)c1ccc(-c2ccc(OC(=O)c3ccc(OC(=O)[C@H](C)OCCCCCC)cc3)cc2)cc1. The summed E-state index contributed by atoms with van der Waals surface area (Å²) in [5.41, 5.74) is 2.69. The Hall–Kier alpha value is -3.97. The van der Waals surface area contributed by atoms with E-state index in [2.05, 4.69) is 13.8 Å². The maximum atomic E-state index is 12.7. The molecule has 0 amide bonds. The van der Waals surface area contributed by atoms with Crippen LogP contribution < -0.4 is 9.47 Å². The fourth-order valence-electron chi connectivity index (χ4n) is 4.35. The van der Waals surface area contributed by atoms with E-state index in [0.717, 1.165) is 49.7 Å². The van der Waals surface area contributed by atoms with Gasteiger partial charge in [-0.05, 0) is 79.4 Å². The maximum absolute atomic E-state index is 12.7. The highest BCUT2D eigenvalue weighted by molar-refractivity contribution is 5.91. The molecule has 0 radical (unpaired) electrons. The lowest BCUT2D eigenvalue weighted by Crippen LogP contribution is -2.26. The van der Waals surface area contributed by atoms with Crippen molar-refractivity contribution in [1.29, 1.82) is 0 Å². The molecule has 230 valence electrons. The third-order valence-corrected chi connectivity index (χ3v) is 7.01. The average molecular weight is 589 g/mol. The summed E-state index contributed by atoms with van der Waals surface area (Å²) in [6.45, 7) is 6.94. The Morgan fingerprint density at radius 1 is 0.558 bits per heavy atom. The van der Waals surface area contributed by atoms with Gasteiger partial charge in [-0.2, -0.15) is 0 Å². The first-order chi connectivity index (χ1) is 20.9. The molecule has 0 saturated carbocycles. The smallest absolute Gasteiger partial charge is 0.343 e. The van der Waals surface area contributed by atoms with Crippen molar-refractivity contribution in [1.82, 2.24) is 0 Å². The predicted molar refractivity (Wildman–Crippen MR) is 168 cm³/mol. The summed E-state index contributed by atoms with van der Waals surface area (Å²) in [5.74, 6) is -0.592. The van der Waals surface area contributed by atoms with Gasteiger partial charge in [0.15, 0.2) is 6.10 Å². The van der Waals surface area contributed by atoms with Crippen molar-refractivity contribution >= 4 is 17.9 Å². The second-order valence-electron chi connectivity index (χ2n) is 10.6. The molecule has 0 unspecified atom stereocenters. The maximum Gasteiger partial charge on any atom is 0.343 e. The molecule has 3 rings (SSSR count). The topological polar surface area (TPSA) is 88.1 Å². The first-order valence-corrected chi connectivity index (χ1v) is 15.4. The summed E-state index contributed by atoms with van der Waals surface area (Å²) in [4.78, 5) is 37.2. The van der Waals surface area contributed by atoms with Gasteiger partial charge in [0.2, 0.25) is 0 Å². The van der Waals surface area contributed by atoms with Crippen LogP contribution in [0.25, 0.3) is 11.1 Å². The fourth-order valence-corrected chi connectivity index (χ4v) is 4.35. The van der Waals surface area contributed by atoms with Gasteiger partial charge in [0, 0.05) is 6.61 Å². The Labute approximate surface area is 255 Å². The van der Waals surface area contributed by atoms with E-state index in [1.54, 1.807) is 55.5 Å². The number of benzene rings is 3. The fraction of sp³-hybridized carbons (Fsp3) is 0.417. The zero-order valence-corrected chi connectivity index (χ0v) is 25.6. The van der Waals surface area contributed by atoms with E-state index in [-0.39, 0.29) is 5.97 Å². The van der Waals surface area contributed by atoms with Gasteiger partial charge < -0.3 is 18.9 Å². The Bertz CT molecular complexity index is 1260. The molecule has 3 aromatic carbocycles. The van der Waals surface area contributed by atoms with Crippen LogP contribution in [0.4, 0.5) is 0 Å². The molecular weight excluding hydrogens is 544 g/mol. The second kappa shape index (κ2) is 18.5. The summed E-state index contributed by atoms with van der Waals surface area (Å²) in [6, 6.07) is 20.6. The molecule has 0 aliphatic heterocycles. The van der Waals surface area contributed by atoms with E-state index < -0.39 is 18.0 Å². The Morgan fingerprint density at radius 3 is 1.65 bits per heavy atom. The van der Waals surface area contributed by atoms with Crippen molar-refractivity contribution in [3.63, 3.8) is 0 Å². The first kappa shape index (κ1) is 33.5. The zero-order valence-electron chi connectivity index (χ0n) is 25.6. The van der Waals surface area contributed by atoms with Gasteiger partial charge in [0.25, 0.3) is 0 Å². The number of esters is 3. The van der Waals surface area contributed by atoms with Gasteiger partial charge in [-0.1, -0.05) is 83.1 Å². The zero-order chi connectivity index (χ0) is 30.9. The number of ether oxygens (including phenoxy) is 4. The highest BCUT2D eigenvalue weighted by Gasteiger charge is 2.17. The normalized spacial score (nSPS) is 11.5. The Kier molecular flexibility index (Phi) is 14.5. The number of hydrogen-bond acceptors (Lipinski definition) is 7. The second-order valence-corrected chi connectivity index (χ2v) is 10.6. The predicted octanol–water partition coefficient (Wildman–Crippen LogP) is 8.59. The van der Waals surface area contributed by atoms with E-state index in [1.807, 2.05) is 24.3 Å². The molecule has 43 heavy (non-hydrogen) atoms. The average Bonchev–Trinajstić information content (AvgIpc) is 3.03. The summed E-state index contributed by atoms with van der Waals surface area (Å²) >= 11 is 0. The minimum Gasteiger partial charge on any atom is -0.462 e. The summed E-state index contributed by atoms with van der Waals surface area (Å²) in [7, 11) is 0. The molecular formula is C36H44O7. The molecule has 0 heterocycles. The monoisotopic (exact) mass is 588 g/mol. The molecule has 0 saturated heterocycles. The first-order valence-electron chi connectivity index (χ1n) is 15.4. The number of unbranched alkanes of at least 4 members (excludes halogenated alkanes) is 7. The van der Waals surface area contributed by atoms with Crippen LogP contribution in [0.2, 0.25) is 0 Å². The molecule has 0 aromatic heterocycles. The van der Waals surface area contributed by atoms with Crippen molar-refractivity contribution < 1.29 is 33.3 Å². The number of hydrogen-bond donors (Lipinski definition) is 0. The van der Waals surface area contributed by atoms with Crippen molar-refractivity contribution in [2.75, 3.05) is 13.2 Å². The summed E-state index contributed by atoms with van der Waals surface area (Å²) in [5, 5.41) is 0. The van der Waals surface area contributed by atoms with Crippen LogP contribution in [0.1, 0.15) is 99.3 Å². The van der Waals surface area contributed by atoms with Gasteiger partial charge >= 0.3 is 17.9 Å². The molecule has 0 fully saturated rings. The molecule has 0 aliphatic carbocycles. The third kappa shape index (κ3) is 11.7. The van der Waals surface area contributed by atoms with Crippen LogP contribution >= 0.6 is 0 Å². The van der Waals surface area contributed by atoms with Crippen molar-refractivity contribution in [3.05, 3.63) is 83.9 Å². The van der Waals surface area contributed by atoms with Gasteiger partial charge in [-0.25, -0.2) is 14.4 Å². The van der Waals surface area contributed by atoms with E-state index in [9.17, 15) is 14.4 Å². The molecule has 0 N–H and O–H groups in total. The van der Waals surface area contributed by atoms with Crippen LogP contribution in [0.15, 0.2) is 72.8 Å². The molecule has 0 bridgehead atoms. The third-order valence-electron chi connectivity index (χ3n) is 7.01. The Morgan fingerprint density at radius 2 is 1.02 bits per heavy atom. The van der Waals surface area contributed by atoms with E-state index in [0.29, 0.717) is 35.8 Å². The number of carbonyl (C=O) groups is 3. The summed E-state index contributed by atoms with van der Waals surface area (Å²) < 4.78 is 21.8. The lowest BCUT2D eigenvalue weighted by atomic mass is 10.0. The highest BCUT2D eigenvalue weighted by atomic mass is 16.6. The van der Waals surface area contributed by atoms with Gasteiger partial charge in [-0.15, -0.1) is 0 Å². The summed E-state index contributed by atoms with van der Waals surface area (Å²) in [6.07, 6.45) is 9.14. The minimum atomic E-state index is -0.668.